The number of para-hydroxylation sites is 1. The molecule has 0 fully saturated rings. The van der Waals surface area contributed by atoms with Crippen LogP contribution in [0.25, 0.3) is 0 Å². The first-order valence-electron chi connectivity index (χ1n) is 8.68. The van der Waals surface area contributed by atoms with Crippen LogP contribution in [0.15, 0.2) is 41.7 Å². The smallest absolute Gasteiger partial charge is 0.261 e. The summed E-state index contributed by atoms with van der Waals surface area (Å²) in [5, 5.41) is 2.99. The van der Waals surface area contributed by atoms with Crippen molar-refractivity contribution < 1.29 is 4.79 Å². The van der Waals surface area contributed by atoms with E-state index in [2.05, 4.69) is 25.7 Å². The van der Waals surface area contributed by atoms with E-state index < -0.39 is 0 Å². The van der Waals surface area contributed by atoms with Crippen molar-refractivity contribution in [1.29, 1.82) is 0 Å². The molecule has 2 aromatic rings. The largest absolute Gasteiger partial charge is 0.344 e. The molecule has 2 rings (SSSR count). The van der Waals surface area contributed by atoms with Crippen LogP contribution < -0.4 is 10.7 Å². The van der Waals surface area contributed by atoms with Gasteiger partial charge in [-0.15, -0.1) is 6.58 Å². The lowest BCUT2D eigenvalue weighted by molar-refractivity contribution is 0.102. The van der Waals surface area contributed by atoms with Gasteiger partial charge in [0.1, 0.15) is 5.56 Å². The van der Waals surface area contributed by atoms with Crippen molar-refractivity contribution in [3.05, 3.63) is 75.2 Å². The Kier molecular flexibility index (Phi) is 5.97. The molecule has 0 atom stereocenters. The number of anilines is 1. The summed E-state index contributed by atoms with van der Waals surface area (Å²) >= 11 is 0. The fourth-order valence-electron chi connectivity index (χ4n) is 3.18. The number of carbonyl (C=O) groups excluding carboxylic acids is 1. The van der Waals surface area contributed by atoms with E-state index in [1.807, 2.05) is 29.7 Å². The number of hydrogen-bond donors (Lipinski definition) is 1. The van der Waals surface area contributed by atoms with Crippen molar-refractivity contribution in [2.75, 3.05) is 5.32 Å². The molecule has 4 nitrogen and oxygen atoms in total. The highest BCUT2D eigenvalue weighted by atomic mass is 16.2. The molecular formula is C21H26N2O2. The first kappa shape index (κ1) is 18.7. The topological polar surface area (TPSA) is 51.1 Å². The van der Waals surface area contributed by atoms with Crippen LogP contribution in [0.5, 0.6) is 0 Å². The van der Waals surface area contributed by atoms with E-state index in [1.54, 1.807) is 13.0 Å². The molecule has 1 aromatic heterocycles. The van der Waals surface area contributed by atoms with Crippen LogP contribution in [-0.4, -0.2) is 10.5 Å². The number of aromatic nitrogens is 1. The zero-order valence-electron chi connectivity index (χ0n) is 15.5. The molecule has 1 heterocycles. The Morgan fingerprint density at radius 1 is 1.20 bits per heavy atom. The van der Waals surface area contributed by atoms with Crippen LogP contribution in [0.2, 0.25) is 0 Å². The molecule has 25 heavy (non-hydrogen) atoms. The summed E-state index contributed by atoms with van der Waals surface area (Å²) in [7, 11) is 0. The molecule has 0 aliphatic carbocycles. The van der Waals surface area contributed by atoms with E-state index in [4.69, 9.17) is 0 Å². The summed E-state index contributed by atoms with van der Waals surface area (Å²) in [5.74, 6) is -0.351. The molecule has 0 bridgehead atoms. The third-order valence-corrected chi connectivity index (χ3v) is 4.55. The average Bonchev–Trinajstić information content (AvgIpc) is 2.58. The third kappa shape index (κ3) is 3.73. The van der Waals surface area contributed by atoms with Crippen molar-refractivity contribution in [3.8, 4) is 0 Å². The third-order valence-electron chi connectivity index (χ3n) is 4.55. The second-order valence-electron chi connectivity index (χ2n) is 6.12. The van der Waals surface area contributed by atoms with Crippen LogP contribution in [0, 0.1) is 13.8 Å². The van der Waals surface area contributed by atoms with Crippen LogP contribution >= 0.6 is 0 Å². The van der Waals surface area contributed by atoms with Gasteiger partial charge in [-0.05, 0) is 37.8 Å². The van der Waals surface area contributed by atoms with Crippen LogP contribution in [-0.2, 0) is 19.4 Å². The zero-order valence-corrected chi connectivity index (χ0v) is 15.5. The molecule has 1 aromatic carbocycles. The van der Waals surface area contributed by atoms with E-state index in [0.717, 1.165) is 35.3 Å². The fourth-order valence-corrected chi connectivity index (χ4v) is 3.18. The molecule has 132 valence electrons. The monoisotopic (exact) mass is 338 g/mol. The van der Waals surface area contributed by atoms with Gasteiger partial charge in [0.05, 0.1) is 0 Å². The van der Waals surface area contributed by atoms with Crippen LogP contribution in [0.3, 0.4) is 0 Å². The number of allylic oxidation sites excluding steroid dienone is 1. The summed E-state index contributed by atoms with van der Waals surface area (Å²) in [4.78, 5) is 25.4. The summed E-state index contributed by atoms with van der Waals surface area (Å²) < 4.78 is 1.93. The molecule has 0 saturated carbocycles. The van der Waals surface area contributed by atoms with Crippen molar-refractivity contribution >= 4 is 11.6 Å². The van der Waals surface area contributed by atoms with Gasteiger partial charge in [0, 0.05) is 29.7 Å². The average molecular weight is 338 g/mol. The normalized spacial score (nSPS) is 10.6. The molecule has 0 aliphatic rings. The van der Waals surface area contributed by atoms with Gasteiger partial charge < -0.3 is 9.88 Å². The van der Waals surface area contributed by atoms with Crippen LogP contribution in [0.1, 0.15) is 46.7 Å². The van der Waals surface area contributed by atoms with Crippen molar-refractivity contribution in [2.24, 2.45) is 0 Å². The second kappa shape index (κ2) is 7.97. The highest BCUT2D eigenvalue weighted by molar-refractivity contribution is 6.05. The Bertz CT molecular complexity index is 841. The highest BCUT2D eigenvalue weighted by Crippen LogP contribution is 2.23. The number of hydrogen-bond acceptors (Lipinski definition) is 2. The van der Waals surface area contributed by atoms with Crippen LogP contribution in [0.4, 0.5) is 5.69 Å². The maximum atomic E-state index is 12.9. The van der Waals surface area contributed by atoms with E-state index >= 15 is 0 Å². The van der Waals surface area contributed by atoms with Gasteiger partial charge in [0.15, 0.2) is 5.43 Å². The number of amides is 1. The minimum absolute atomic E-state index is 0.195. The van der Waals surface area contributed by atoms with E-state index in [0.29, 0.717) is 12.2 Å². The maximum Gasteiger partial charge on any atom is 0.261 e. The van der Waals surface area contributed by atoms with Gasteiger partial charge in [-0.1, -0.05) is 38.1 Å². The standard InChI is InChI=1S/C21H26N2O2/c1-6-12-23-14(4)13-18(24)19(15(23)5)21(25)22-20-16(7-2)10-9-11-17(20)8-3/h6,9-11,13H,1,7-8,12H2,2-5H3,(H,22,25). The van der Waals surface area contributed by atoms with E-state index in [1.165, 1.54) is 6.07 Å². The van der Waals surface area contributed by atoms with E-state index in [9.17, 15) is 9.59 Å². The molecule has 0 radical (unpaired) electrons. The molecule has 1 N–H and O–H groups in total. The zero-order chi connectivity index (χ0) is 18.6. The Balaban J connectivity index is 2.52. The lowest BCUT2D eigenvalue weighted by Gasteiger charge is -2.18. The summed E-state index contributed by atoms with van der Waals surface area (Å²) in [6, 6.07) is 7.53. The number of rotatable bonds is 6. The quantitative estimate of drug-likeness (QED) is 0.809. The van der Waals surface area contributed by atoms with Crippen molar-refractivity contribution in [3.63, 3.8) is 0 Å². The Morgan fingerprint density at radius 2 is 1.80 bits per heavy atom. The Labute approximate surface area is 149 Å². The summed E-state index contributed by atoms with van der Waals surface area (Å²) in [6.45, 7) is 12.1. The number of benzene rings is 1. The lowest BCUT2D eigenvalue weighted by Crippen LogP contribution is -2.27. The molecule has 0 spiro atoms. The Morgan fingerprint density at radius 3 is 2.32 bits per heavy atom. The SMILES string of the molecule is C=CCn1c(C)cc(=O)c(C(=O)Nc2c(CC)cccc2CC)c1C. The minimum Gasteiger partial charge on any atom is -0.344 e. The minimum atomic E-state index is -0.351. The Hall–Kier alpha value is -2.62. The van der Waals surface area contributed by atoms with Crippen molar-refractivity contribution in [2.45, 2.75) is 47.1 Å². The molecule has 0 aliphatic heterocycles. The maximum absolute atomic E-state index is 12.9. The van der Waals surface area contributed by atoms with Gasteiger partial charge in [-0.3, -0.25) is 9.59 Å². The van der Waals surface area contributed by atoms with Gasteiger partial charge in [-0.25, -0.2) is 0 Å². The first-order valence-corrected chi connectivity index (χ1v) is 8.68. The predicted molar refractivity (Wildman–Crippen MR) is 104 cm³/mol. The first-order chi connectivity index (χ1) is 11.9. The molecule has 0 saturated heterocycles. The van der Waals surface area contributed by atoms with Crippen molar-refractivity contribution in [1.82, 2.24) is 4.57 Å². The molecular weight excluding hydrogens is 312 g/mol. The van der Waals surface area contributed by atoms with Gasteiger partial charge in [-0.2, -0.15) is 0 Å². The number of carbonyl (C=O) groups is 1. The van der Waals surface area contributed by atoms with Gasteiger partial charge >= 0.3 is 0 Å². The summed E-state index contributed by atoms with van der Waals surface area (Å²) in [5.41, 5.74) is 4.40. The number of aryl methyl sites for hydroxylation is 3. The number of nitrogens with zero attached hydrogens (tertiary/aromatic N) is 1. The molecule has 1 amide bonds. The van der Waals surface area contributed by atoms with Gasteiger partial charge in [0.2, 0.25) is 0 Å². The highest BCUT2D eigenvalue weighted by Gasteiger charge is 2.19. The second-order valence-corrected chi connectivity index (χ2v) is 6.12. The van der Waals surface area contributed by atoms with Gasteiger partial charge in [0.25, 0.3) is 5.91 Å². The molecule has 0 unspecified atom stereocenters. The fraction of sp³-hybridized carbons (Fsp3) is 0.333. The summed E-state index contributed by atoms with van der Waals surface area (Å²) in [6.07, 6.45) is 3.39. The number of pyridine rings is 1. The van der Waals surface area contributed by atoms with E-state index in [-0.39, 0.29) is 16.9 Å². The molecule has 4 heteroatoms. The predicted octanol–water partition coefficient (Wildman–Crippen LogP) is 4.03. The number of nitrogens with one attached hydrogen (secondary N) is 1. The lowest BCUT2D eigenvalue weighted by atomic mass is 10.0.